The van der Waals surface area contributed by atoms with Gasteiger partial charge in [0, 0.05) is 25.7 Å². The number of carbonyl (C=O) groups is 2. The number of rotatable bonds is 7. The number of aliphatic hydroxyl groups excluding tert-OH is 1. The third kappa shape index (κ3) is 4.71. The average Bonchev–Trinajstić information content (AvgIpc) is 2.97. The van der Waals surface area contributed by atoms with Gasteiger partial charge in [0.2, 0.25) is 0 Å². The van der Waals surface area contributed by atoms with Gasteiger partial charge in [-0.05, 0) is 38.2 Å². The number of urea groups is 1. The first-order valence-electron chi connectivity index (χ1n) is 8.38. The molecule has 1 aliphatic heterocycles. The van der Waals surface area contributed by atoms with Crippen molar-refractivity contribution in [2.24, 2.45) is 5.41 Å². The molecule has 1 saturated heterocycles. The van der Waals surface area contributed by atoms with Gasteiger partial charge in [-0.3, -0.25) is 4.79 Å². The Morgan fingerprint density at radius 3 is 2.62 bits per heavy atom. The maximum Gasteiger partial charge on any atom is 0.317 e. The number of likely N-dealkylation sites (tertiary alicyclic amines) is 1. The number of aliphatic carboxylic acids is 1. The maximum atomic E-state index is 12.5. The molecule has 1 aliphatic rings. The number of carboxylic acids is 1. The molecule has 2 unspecified atom stereocenters. The number of nitrogens with one attached hydrogen (secondary N) is 1. The second kappa shape index (κ2) is 8.15. The highest BCUT2D eigenvalue weighted by molar-refractivity contribution is 5.79. The zero-order valence-corrected chi connectivity index (χ0v) is 14.1. The summed E-state index contributed by atoms with van der Waals surface area (Å²) in [4.78, 5) is 25.4. The standard InChI is InChI=1S/C18H26N2O4/c1-18(16(22)23)9-10-20(13-18)17(24)19-15(8-5-11-21)12-14-6-3-2-4-7-14/h2-4,6-7,15,21H,5,8-13H2,1H3,(H,19,24)(H,22,23). The highest BCUT2D eigenvalue weighted by atomic mass is 16.4. The van der Waals surface area contributed by atoms with Crippen molar-refractivity contribution in [3.05, 3.63) is 35.9 Å². The Morgan fingerprint density at radius 2 is 2.04 bits per heavy atom. The number of amides is 2. The van der Waals surface area contributed by atoms with Gasteiger partial charge in [-0.15, -0.1) is 0 Å². The summed E-state index contributed by atoms with van der Waals surface area (Å²) in [6.45, 7) is 2.44. The Bertz CT molecular complexity index is 563. The van der Waals surface area contributed by atoms with E-state index in [0.717, 1.165) is 5.56 Å². The largest absolute Gasteiger partial charge is 0.481 e. The number of carbonyl (C=O) groups excluding carboxylic acids is 1. The lowest BCUT2D eigenvalue weighted by Gasteiger charge is -2.24. The predicted octanol–water partition coefficient (Wildman–Crippen LogP) is 1.88. The average molecular weight is 334 g/mol. The molecule has 1 aromatic rings. The minimum absolute atomic E-state index is 0.0799. The Hall–Kier alpha value is -2.08. The van der Waals surface area contributed by atoms with Crippen molar-refractivity contribution >= 4 is 12.0 Å². The summed E-state index contributed by atoms with van der Waals surface area (Å²) in [5, 5.41) is 21.3. The number of aliphatic hydroxyl groups is 1. The molecule has 2 rings (SSSR count). The van der Waals surface area contributed by atoms with Crippen LogP contribution in [0.15, 0.2) is 30.3 Å². The van der Waals surface area contributed by atoms with E-state index >= 15 is 0 Å². The molecular formula is C18H26N2O4. The van der Waals surface area contributed by atoms with Crippen molar-refractivity contribution in [1.29, 1.82) is 0 Å². The fourth-order valence-corrected chi connectivity index (χ4v) is 3.04. The van der Waals surface area contributed by atoms with E-state index in [1.54, 1.807) is 11.8 Å². The molecule has 0 radical (unpaired) electrons. The molecule has 2 amide bonds. The zero-order chi connectivity index (χ0) is 17.6. The zero-order valence-electron chi connectivity index (χ0n) is 14.1. The van der Waals surface area contributed by atoms with Crippen molar-refractivity contribution in [3.63, 3.8) is 0 Å². The first-order chi connectivity index (χ1) is 11.4. The van der Waals surface area contributed by atoms with E-state index in [-0.39, 0.29) is 25.2 Å². The van der Waals surface area contributed by atoms with Crippen LogP contribution in [-0.2, 0) is 11.2 Å². The topological polar surface area (TPSA) is 89.9 Å². The molecule has 0 saturated carbocycles. The molecule has 132 valence electrons. The van der Waals surface area contributed by atoms with E-state index in [0.29, 0.717) is 32.2 Å². The van der Waals surface area contributed by atoms with E-state index in [1.165, 1.54) is 0 Å². The minimum Gasteiger partial charge on any atom is -0.481 e. The molecule has 0 aromatic heterocycles. The summed E-state index contributed by atoms with van der Waals surface area (Å²) >= 11 is 0. The molecule has 0 aliphatic carbocycles. The van der Waals surface area contributed by atoms with Crippen molar-refractivity contribution in [2.45, 2.75) is 38.6 Å². The molecule has 1 heterocycles. The summed E-state index contributed by atoms with van der Waals surface area (Å²) in [6.07, 6.45) is 2.46. The SMILES string of the molecule is CC1(C(=O)O)CCN(C(=O)NC(CCCO)Cc2ccccc2)C1. The monoisotopic (exact) mass is 334 g/mol. The van der Waals surface area contributed by atoms with Gasteiger partial charge in [-0.1, -0.05) is 30.3 Å². The first kappa shape index (κ1) is 18.3. The summed E-state index contributed by atoms with van der Waals surface area (Å²) < 4.78 is 0. The summed E-state index contributed by atoms with van der Waals surface area (Å²) in [7, 11) is 0. The van der Waals surface area contributed by atoms with Crippen molar-refractivity contribution in [3.8, 4) is 0 Å². The van der Waals surface area contributed by atoms with Crippen molar-refractivity contribution < 1.29 is 19.8 Å². The molecule has 3 N–H and O–H groups in total. The number of hydrogen-bond donors (Lipinski definition) is 3. The van der Waals surface area contributed by atoms with Crippen LogP contribution in [0.25, 0.3) is 0 Å². The summed E-state index contributed by atoms with van der Waals surface area (Å²) in [6, 6.07) is 9.58. The molecular weight excluding hydrogens is 308 g/mol. The van der Waals surface area contributed by atoms with Crippen LogP contribution in [0, 0.1) is 5.41 Å². The second-order valence-corrected chi connectivity index (χ2v) is 6.74. The third-order valence-electron chi connectivity index (χ3n) is 4.64. The highest BCUT2D eigenvalue weighted by Gasteiger charge is 2.42. The molecule has 2 atom stereocenters. The first-order valence-corrected chi connectivity index (χ1v) is 8.38. The van der Waals surface area contributed by atoms with E-state index in [9.17, 15) is 14.7 Å². The predicted molar refractivity (Wildman–Crippen MR) is 90.7 cm³/mol. The van der Waals surface area contributed by atoms with Gasteiger partial charge in [-0.25, -0.2) is 4.79 Å². The summed E-state index contributed by atoms with van der Waals surface area (Å²) in [5.74, 6) is -0.862. The molecule has 24 heavy (non-hydrogen) atoms. The molecule has 6 nitrogen and oxygen atoms in total. The van der Waals surface area contributed by atoms with E-state index in [1.807, 2.05) is 30.3 Å². The number of benzene rings is 1. The Morgan fingerprint density at radius 1 is 1.33 bits per heavy atom. The Labute approximate surface area is 142 Å². The quantitative estimate of drug-likeness (QED) is 0.710. The van der Waals surface area contributed by atoms with E-state index in [4.69, 9.17) is 5.11 Å². The molecule has 0 bridgehead atoms. The van der Waals surface area contributed by atoms with Crippen molar-refractivity contribution in [1.82, 2.24) is 10.2 Å². The minimum atomic E-state index is -0.864. The van der Waals surface area contributed by atoms with Crippen molar-refractivity contribution in [2.75, 3.05) is 19.7 Å². The smallest absolute Gasteiger partial charge is 0.317 e. The lowest BCUT2D eigenvalue weighted by atomic mass is 9.90. The lowest BCUT2D eigenvalue weighted by Crippen LogP contribution is -2.46. The van der Waals surface area contributed by atoms with Gasteiger partial charge in [0.1, 0.15) is 0 Å². The van der Waals surface area contributed by atoms with Gasteiger partial charge in [-0.2, -0.15) is 0 Å². The second-order valence-electron chi connectivity index (χ2n) is 6.74. The lowest BCUT2D eigenvalue weighted by molar-refractivity contribution is -0.147. The Balaban J connectivity index is 1.96. The fraction of sp³-hybridized carbons (Fsp3) is 0.556. The van der Waals surface area contributed by atoms with Gasteiger partial charge < -0.3 is 20.4 Å². The molecule has 1 fully saturated rings. The molecule has 0 spiro atoms. The van der Waals surface area contributed by atoms with Gasteiger partial charge in [0.25, 0.3) is 0 Å². The number of carboxylic acid groups (broad SMARTS) is 1. The van der Waals surface area contributed by atoms with Crippen LogP contribution in [-0.4, -0.2) is 52.9 Å². The van der Waals surface area contributed by atoms with Crippen LogP contribution in [0.2, 0.25) is 0 Å². The van der Waals surface area contributed by atoms with Gasteiger partial charge in [0.15, 0.2) is 0 Å². The number of hydrogen-bond acceptors (Lipinski definition) is 3. The van der Waals surface area contributed by atoms with Crippen LogP contribution >= 0.6 is 0 Å². The van der Waals surface area contributed by atoms with Gasteiger partial charge >= 0.3 is 12.0 Å². The van der Waals surface area contributed by atoms with Crippen LogP contribution in [0.1, 0.15) is 31.7 Å². The molecule has 1 aromatic carbocycles. The Kier molecular flexibility index (Phi) is 6.20. The fourth-order valence-electron chi connectivity index (χ4n) is 3.04. The van der Waals surface area contributed by atoms with Crippen LogP contribution in [0.5, 0.6) is 0 Å². The van der Waals surface area contributed by atoms with E-state index in [2.05, 4.69) is 5.32 Å². The van der Waals surface area contributed by atoms with Gasteiger partial charge in [0.05, 0.1) is 5.41 Å². The van der Waals surface area contributed by atoms with Crippen LogP contribution in [0.3, 0.4) is 0 Å². The maximum absolute atomic E-state index is 12.5. The van der Waals surface area contributed by atoms with Crippen LogP contribution < -0.4 is 5.32 Å². The number of nitrogens with zero attached hydrogens (tertiary/aromatic N) is 1. The molecule has 6 heteroatoms. The summed E-state index contributed by atoms with van der Waals surface area (Å²) in [5.41, 5.74) is 0.259. The van der Waals surface area contributed by atoms with E-state index < -0.39 is 11.4 Å². The highest BCUT2D eigenvalue weighted by Crippen LogP contribution is 2.30. The van der Waals surface area contributed by atoms with Crippen LogP contribution in [0.4, 0.5) is 4.79 Å². The third-order valence-corrected chi connectivity index (χ3v) is 4.64. The normalized spacial score (nSPS) is 21.5.